The second-order valence-electron chi connectivity index (χ2n) is 10.9. The SMILES string of the molecule is CC(C)(C)S(=O)N[C@@](C)(Cc1cc(=O)[nH][nH]1)c1cc(Br)cs1.C[C@@]1(c2cc(Br)cs2)Cc2cc(=O)[nH]n2C(N)=N1.[2HH].[2H][2H].[2H][2H]. The van der Waals surface area contributed by atoms with Crippen LogP contribution in [0.4, 0.5) is 0 Å². The fraction of sp³-hybridized carbons (Fsp3) is 0.400. The van der Waals surface area contributed by atoms with E-state index in [0.717, 1.165) is 30.1 Å². The largest absolute Gasteiger partial charge is 0.368 e. The second kappa shape index (κ2) is 11.7. The molecule has 0 amide bonds. The van der Waals surface area contributed by atoms with Crippen molar-refractivity contribution in [2.45, 2.75) is 63.3 Å². The van der Waals surface area contributed by atoms with Gasteiger partial charge in [0.2, 0.25) is 5.96 Å². The Morgan fingerprint density at radius 1 is 1.12 bits per heavy atom. The van der Waals surface area contributed by atoms with Crippen LogP contribution in [0.5, 0.6) is 0 Å². The van der Waals surface area contributed by atoms with Gasteiger partial charge in [0.15, 0.2) is 0 Å². The normalized spacial score (nSPS) is 19.6. The van der Waals surface area contributed by atoms with Crippen LogP contribution in [0, 0.1) is 0 Å². The molecule has 5 heterocycles. The average Bonchev–Trinajstić information content (AvgIpc) is 3.75. The zero-order valence-corrected chi connectivity index (χ0v) is 28.2. The van der Waals surface area contributed by atoms with E-state index < -0.39 is 22.1 Å². The molecule has 1 aliphatic heterocycles. The highest BCUT2D eigenvalue weighted by Gasteiger charge is 2.35. The first-order valence-corrected chi connectivity index (χ1v) is 16.7. The van der Waals surface area contributed by atoms with Crippen molar-refractivity contribution in [1.29, 1.82) is 0 Å². The number of aromatic nitrogens is 4. The van der Waals surface area contributed by atoms with Crippen molar-refractivity contribution in [1.82, 2.24) is 24.7 Å². The number of thiophene rings is 2. The third kappa shape index (κ3) is 7.05. The number of H-pyrrole nitrogens is 3. The highest BCUT2D eigenvalue weighted by molar-refractivity contribution is 9.10. The quantitative estimate of drug-likeness (QED) is 0.179. The number of nitrogens with two attached hydrogens (primary N) is 1. The fourth-order valence-electron chi connectivity index (χ4n) is 4.18. The van der Waals surface area contributed by atoms with Crippen molar-refractivity contribution < 1.29 is 11.6 Å². The molecule has 3 atom stereocenters. The summed E-state index contributed by atoms with van der Waals surface area (Å²) in [6, 6.07) is 7.16. The lowest BCUT2D eigenvalue weighted by Crippen LogP contribution is -2.47. The van der Waals surface area contributed by atoms with Crippen molar-refractivity contribution in [3.63, 3.8) is 0 Å². The van der Waals surface area contributed by atoms with Gasteiger partial charge in [-0.25, -0.2) is 18.6 Å². The zero-order chi connectivity index (χ0) is 33.5. The Kier molecular flexibility index (Phi) is 8.21. The minimum atomic E-state index is -1.23. The van der Waals surface area contributed by atoms with E-state index >= 15 is 0 Å². The number of rotatable bonds is 6. The first-order chi connectivity index (χ1) is 20.6. The molecule has 1 aliphatic rings. The van der Waals surface area contributed by atoms with Gasteiger partial charge in [-0.15, -0.1) is 22.7 Å². The molecule has 0 spiro atoms. The summed E-state index contributed by atoms with van der Waals surface area (Å²) in [5.74, 6) is 0.324. The van der Waals surface area contributed by atoms with Gasteiger partial charge in [-0.05, 0) is 78.6 Å². The van der Waals surface area contributed by atoms with Gasteiger partial charge in [-0.3, -0.25) is 19.8 Å². The molecule has 4 aromatic rings. The smallest absolute Gasteiger partial charge is 0.264 e. The maximum absolute atomic E-state index is 12.6. The highest BCUT2D eigenvalue weighted by atomic mass is 79.9. The monoisotopic (exact) mass is 742 g/mol. The number of halogens is 2. The molecule has 4 aromatic heterocycles. The molecule has 222 valence electrons. The molecule has 0 fully saturated rings. The van der Waals surface area contributed by atoms with Crippen LogP contribution in [0.25, 0.3) is 0 Å². The second-order valence-corrected chi connectivity index (χ2v) is 16.5. The standard InChI is InChI=1S/C14H20BrN3O2S2.C11H11BrN4OS.3H2/c1-13(2,3)22(20)18-14(4,11-5-9(15)8-21-11)7-10-6-12(19)17-16-10;1-11(8-2-6(12)5-18-8)4-7-3-9(17)15-16(7)10(13)14-11;;;/h5-6,8,18H,7H2,1-4H3,(H2,16,17,19);2-3,5H,4H2,1H3,(H2,13,14)(H,15,17);3*1H/t14-,22?;11-;;;/m00.../s1/i;;2*1+1D;1+1. The molecule has 15 heteroatoms. The van der Waals surface area contributed by atoms with E-state index in [-0.39, 0.29) is 17.3 Å². The van der Waals surface area contributed by atoms with Gasteiger partial charge in [0, 0.05) is 67.5 Å². The van der Waals surface area contributed by atoms with E-state index in [1.54, 1.807) is 33.4 Å². The Hall–Kier alpha value is -2.04. The van der Waals surface area contributed by atoms with Crippen LogP contribution in [-0.2, 0) is 34.9 Å². The van der Waals surface area contributed by atoms with Gasteiger partial charge < -0.3 is 10.8 Å². The first-order valence-electron chi connectivity index (χ1n) is 14.2. The van der Waals surface area contributed by atoms with Crippen molar-refractivity contribution in [3.05, 3.63) is 85.8 Å². The number of fused-ring (bicyclic) bond motifs is 1. The summed E-state index contributed by atoms with van der Waals surface area (Å²) < 4.78 is 39.0. The Labute approximate surface area is 266 Å². The molecule has 0 radical (unpaired) electrons. The van der Waals surface area contributed by atoms with Gasteiger partial charge in [0.25, 0.3) is 11.1 Å². The number of aliphatic imine (C=N–C) groups is 1. The molecule has 10 nitrogen and oxygen atoms in total. The van der Waals surface area contributed by atoms with Gasteiger partial charge in [0.1, 0.15) is 5.54 Å². The molecule has 0 saturated carbocycles. The van der Waals surface area contributed by atoms with Crippen LogP contribution < -0.4 is 21.6 Å². The van der Waals surface area contributed by atoms with Crippen LogP contribution in [0.2, 0.25) is 0 Å². The summed E-state index contributed by atoms with van der Waals surface area (Å²) in [6.07, 6.45) is 1.18. The van der Waals surface area contributed by atoms with E-state index in [1.807, 2.05) is 57.5 Å². The summed E-state index contributed by atoms with van der Waals surface area (Å²) in [4.78, 5) is 29.4. The minimum Gasteiger partial charge on any atom is -0.368 e. The van der Waals surface area contributed by atoms with Gasteiger partial charge in [-0.2, -0.15) is 0 Å². The summed E-state index contributed by atoms with van der Waals surface area (Å²) in [5, 5.41) is 12.1. The molecule has 1 unspecified atom stereocenters. The maximum Gasteiger partial charge on any atom is 0.264 e. The molecule has 0 saturated heterocycles. The summed E-state index contributed by atoms with van der Waals surface area (Å²) >= 11 is 10.1. The molecular weight excluding hydrogens is 702 g/mol. The molecule has 0 aromatic carbocycles. The van der Waals surface area contributed by atoms with Crippen LogP contribution in [0.15, 0.2) is 58.6 Å². The maximum atomic E-state index is 12.6. The lowest BCUT2D eigenvalue weighted by molar-refractivity contribution is 0.441. The van der Waals surface area contributed by atoms with Crippen LogP contribution in [-0.4, -0.2) is 34.9 Å². The predicted molar refractivity (Wildman–Crippen MR) is 177 cm³/mol. The number of hydrogen-bond acceptors (Lipinski definition) is 7. The topological polar surface area (TPSA) is 154 Å². The van der Waals surface area contributed by atoms with Crippen LogP contribution >= 0.6 is 54.5 Å². The van der Waals surface area contributed by atoms with Crippen LogP contribution in [0.3, 0.4) is 0 Å². The van der Waals surface area contributed by atoms with Gasteiger partial charge in [-0.1, -0.05) is 0 Å². The van der Waals surface area contributed by atoms with E-state index in [0.29, 0.717) is 18.8 Å². The summed E-state index contributed by atoms with van der Waals surface area (Å²) in [6.45, 7) is 9.82. The summed E-state index contributed by atoms with van der Waals surface area (Å²) in [5.41, 5.74) is 6.28. The number of nitrogens with one attached hydrogen (secondary N) is 4. The Morgan fingerprint density at radius 3 is 2.35 bits per heavy atom. The molecule has 5 rings (SSSR count). The lowest BCUT2D eigenvalue weighted by Gasteiger charge is -2.32. The number of hydrogen-bond donors (Lipinski definition) is 5. The zero-order valence-electron chi connectivity index (χ0n) is 26.6. The Morgan fingerprint density at radius 2 is 1.80 bits per heavy atom. The van der Waals surface area contributed by atoms with Crippen molar-refractivity contribution in [2.75, 3.05) is 0 Å². The number of aromatic amines is 3. The predicted octanol–water partition coefficient (Wildman–Crippen LogP) is 5.41. The average molecular weight is 745 g/mol. The van der Waals surface area contributed by atoms with E-state index in [9.17, 15) is 13.8 Å². The van der Waals surface area contributed by atoms with E-state index in [2.05, 4.69) is 56.9 Å². The Bertz CT molecular complexity index is 1690. The highest BCUT2D eigenvalue weighted by Crippen LogP contribution is 2.37. The van der Waals surface area contributed by atoms with Crippen LogP contribution in [0.1, 0.15) is 63.1 Å². The van der Waals surface area contributed by atoms with Crippen molar-refractivity contribution >= 4 is 71.5 Å². The minimum absolute atomic E-state index is 0. The summed E-state index contributed by atoms with van der Waals surface area (Å²) in [7, 11) is -1.23. The van der Waals surface area contributed by atoms with Crippen molar-refractivity contribution in [2.24, 2.45) is 10.7 Å². The molecule has 0 bridgehead atoms. The van der Waals surface area contributed by atoms with Crippen molar-refractivity contribution in [3.8, 4) is 0 Å². The number of nitrogens with zero attached hydrogens (tertiary/aromatic N) is 2. The lowest BCUT2D eigenvalue weighted by atomic mass is 9.93. The fourth-order valence-corrected chi connectivity index (χ4v) is 8.22. The molecule has 6 N–H and O–H groups in total. The third-order valence-electron chi connectivity index (χ3n) is 6.20. The molecule has 40 heavy (non-hydrogen) atoms. The third-order valence-corrected chi connectivity index (χ3v) is 11.8. The van der Waals surface area contributed by atoms with E-state index in [4.69, 9.17) is 11.7 Å². The molecular formula is C25H37Br2N7O3S3. The molecule has 0 aliphatic carbocycles. The first kappa shape index (κ1) is 28.1. The van der Waals surface area contributed by atoms with Gasteiger partial charge in [0.05, 0.1) is 27.0 Å². The van der Waals surface area contributed by atoms with Gasteiger partial charge >= 0.3 is 0 Å². The van der Waals surface area contributed by atoms with E-state index in [1.165, 1.54) is 6.07 Å². The Balaban J connectivity index is 0.000000402.